The molecule has 1 amide bonds. The fourth-order valence-corrected chi connectivity index (χ4v) is 1.60. The molecular weight excluding hydrogens is 258 g/mol. The summed E-state index contributed by atoms with van der Waals surface area (Å²) in [5.74, 6) is -0.531. The average Bonchev–Trinajstić information content (AvgIpc) is 2.92. The van der Waals surface area contributed by atoms with Crippen LogP contribution in [-0.2, 0) is 11.3 Å². The summed E-state index contributed by atoms with van der Waals surface area (Å²) < 4.78 is 7.14. The van der Waals surface area contributed by atoms with Crippen molar-refractivity contribution in [3.05, 3.63) is 48.3 Å². The molecule has 7 nitrogen and oxygen atoms in total. The van der Waals surface area contributed by atoms with E-state index in [1.165, 1.54) is 17.2 Å². The van der Waals surface area contributed by atoms with Crippen LogP contribution in [0.2, 0.25) is 0 Å². The predicted molar refractivity (Wildman–Crippen MR) is 73.5 cm³/mol. The number of nitrogens with zero attached hydrogens (tertiary/aromatic N) is 3. The minimum atomic E-state index is -0.531. The van der Waals surface area contributed by atoms with Gasteiger partial charge in [0.15, 0.2) is 0 Å². The van der Waals surface area contributed by atoms with Crippen LogP contribution in [0.5, 0.6) is 0 Å². The Hall–Kier alpha value is -2.41. The van der Waals surface area contributed by atoms with Gasteiger partial charge >= 0.3 is 0 Å². The van der Waals surface area contributed by atoms with Crippen molar-refractivity contribution >= 4 is 5.91 Å². The van der Waals surface area contributed by atoms with Crippen molar-refractivity contribution in [2.75, 3.05) is 12.0 Å². The van der Waals surface area contributed by atoms with E-state index >= 15 is 0 Å². The van der Waals surface area contributed by atoms with E-state index in [1.54, 1.807) is 6.20 Å². The lowest BCUT2D eigenvalue weighted by Crippen LogP contribution is -2.29. The Kier molecular flexibility index (Phi) is 4.67. The highest BCUT2D eigenvalue weighted by molar-refractivity contribution is 5.90. The number of ether oxygens (including phenoxy) is 1. The number of carbonyl (C=O) groups excluding carboxylic acids is 1. The summed E-state index contributed by atoms with van der Waals surface area (Å²) >= 11 is 0. The number of amides is 1. The van der Waals surface area contributed by atoms with Gasteiger partial charge in [-0.05, 0) is 19.1 Å². The van der Waals surface area contributed by atoms with E-state index < -0.39 is 5.91 Å². The Morgan fingerprint density at radius 2 is 2.40 bits per heavy atom. The number of nitrogens with one attached hydrogen (secondary N) is 1. The van der Waals surface area contributed by atoms with Crippen LogP contribution in [0, 0.1) is 0 Å². The van der Waals surface area contributed by atoms with E-state index in [1.807, 2.05) is 25.1 Å². The molecule has 0 bridgehead atoms. The van der Waals surface area contributed by atoms with Crippen LogP contribution >= 0.6 is 0 Å². The summed E-state index contributed by atoms with van der Waals surface area (Å²) in [6.45, 7) is 2.89. The number of aromatic nitrogens is 3. The molecule has 0 aliphatic carbocycles. The standard InChI is InChI=1S/C13H17N5O2/c1-10(20-8-11-4-2-3-5-16-11)6-17-18-9-15-7-12(18)13(14)19/h2-5,7,9-10,17H,6,8H2,1H3,(H2,14,19). The van der Waals surface area contributed by atoms with Crippen LogP contribution in [-0.4, -0.2) is 33.2 Å². The fourth-order valence-electron chi connectivity index (χ4n) is 1.60. The molecule has 2 aromatic rings. The Morgan fingerprint density at radius 1 is 1.55 bits per heavy atom. The number of rotatable bonds is 7. The third-order valence-electron chi connectivity index (χ3n) is 2.68. The molecular formula is C13H17N5O2. The zero-order valence-electron chi connectivity index (χ0n) is 11.2. The zero-order chi connectivity index (χ0) is 14.4. The zero-order valence-corrected chi connectivity index (χ0v) is 11.2. The van der Waals surface area contributed by atoms with Gasteiger partial charge in [-0.25, -0.2) is 9.66 Å². The number of hydrogen-bond donors (Lipinski definition) is 2. The average molecular weight is 275 g/mol. The molecule has 3 N–H and O–H groups in total. The van der Waals surface area contributed by atoms with Gasteiger partial charge in [0.2, 0.25) is 0 Å². The molecule has 0 aromatic carbocycles. The number of nitrogens with two attached hydrogens (primary N) is 1. The van der Waals surface area contributed by atoms with E-state index in [9.17, 15) is 4.79 Å². The molecule has 0 fully saturated rings. The van der Waals surface area contributed by atoms with E-state index in [0.29, 0.717) is 18.8 Å². The molecule has 2 rings (SSSR count). The Balaban J connectivity index is 1.79. The molecule has 2 aromatic heterocycles. The highest BCUT2D eigenvalue weighted by Gasteiger charge is 2.09. The van der Waals surface area contributed by atoms with Gasteiger partial charge in [-0.1, -0.05) is 6.07 Å². The van der Waals surface area contributed by atoms with Crippen molar-refractivity contribution in [3.63, 3.8) is 0 Å². The van der Waals surface area contributed by atoms with Crippen molar-refractivity contribution in [2.24, 2.45) is 5.73 Å². The van der Waals surface area contributed by atoms with E-state index in [4.69, 9.17) is 10.5 Å². The molecule has 0 spiro atoms. The maximum absolute atomic E-state index is 11.1. The van der Waals surface area contributed by atoms with Crippen molar-refractivity contribution in [1.82, 2.24) is 14.6 Å². The topological polar surface area (TPSA) is 95.1 Å². The maximum Gasteiger partial charge on any atom is 0.268 e. The summed E-state index contributed by atoms with van der Waals surface area (Å²) in [4.78, 5) is 19.2. The van der Waals surface area contributed by atoms with Gasteiger partial charge in [0.1, 0.15) is 12.0 Å². The van der Waals surface area contributed by atoms with Crippen LogP contribution in [0.25, 0.3) is 0 Å². The maximum atomic E-state index is 11.1. The second-order valence-electron chi connectivity index (χ2n) is 4.32. The largest absolute Gasteiger partial charge is 0.370 e. The lowest BCUT2D eigenvalue weighted by atomic mass is 10.3. The van der Waals surface area contributed by atoms with Crippen molar-refractivity contribution in [2.45, 2.75) is 19.6 Å². The number of hydrogen-bond acceptors (Lipinski definition) is 5. The van der Waals surface area contributed by atoms with Crippen LogP contribution in [0.3, 0.4) is 0 Å². The summed E-state index contributed by atoms with van der Waals surface area (Å²) in [7, 11) is 0. The van der Waals surface area contributed by atoms with Gasteiger partial charge in [-0.2, -0.15) is 0 Å². The second kappa shape index (κ2) is 6.67. The molecule has 0 saturated heterocycles. The molecule has 0 aliphatic rings. The third-order valence-corrected chi connectivity index (χ3v) is 2.68. The SMILES string of the molecule is CC(CNn1cncc1C(N)=O)OCc1ccccn1. The summed E-state index contributed by atoms with van der Waals surface area (Å²) in [5, 5.41) is 0. The Morgan fingerprint density at radius 3 is 3.10 bits per heavy atom. The first-order valence-electron chi connectivity index (χ1n) is 6.24. The molecule has 0 aliphatic heterocycles. The molecule has 7 heteroatoms. The molecule has 106 valence electrons. The Labute approximate surface area is 116 Å². The first kappa shape index (κ1) is 14.0. The summed E-state index contributed by atoms with van der Waals surface area (Å²) in [6.07, 6.45) is 4.58. The lowest BCUT2D eigenvalue weighted by Gasteiger charge is -2.15. The lowest BCUT2D eigenvalue weighted by molar-refractivity contribution is 0.0579. The van der Waals surface area contributed by atoms with E-state index in [-0.39, 0.29) is 6.10 Å². The first-order chi connectivity index (χ1) is 9.66. The summed E-state index contributed by atoms with van der Waals surface area (Å²) in [6, 6.07) is 5.68. The minimum Gasteiger partial charge on any atom is -0.370 e. The number of pyridine rings is 1. The second-order valence-corrected chi connectivity index (χ2v) is 4.32. The van der Waals surface area contributed by atoms with Crippen molar-refractivity contribution < 1.29 is 9.53 Å². The number of primary amides is 1. The monoisotopic (exact) mass is 275 g/mol. The fraction of sp³-hybridized carbons (Fsp3) is 0.308. The van der Waals surface area contributed by atoms with Crippen molar-refractivity contribution in [3.8, 4) is 0 Å². The smallest absolute Gasteiger partial charge is 0.268 e. The Bertz CT molecular complexity index is 555. The highest BCUT2D eigenvalue weighted by atomic mass is 16.5. The van der Waals surface area contributed by atoms with Gasteiger partial charge in [0.25, 0.3) is 5.91 Å². The van der Waals surface area contributed by atoms with Gasteiger partial charge in [0, 0.05) is 6.20 Å². The van der Waals surface area contributed by atoms with Crippen LogP contribution in [0.1, 0.15) is 23.1 Å². The normalized spacial score (nSPS) is 12.1. The van der Waals surface area contributed by atoms with E-state index in [0.717, 1.165) is 5.69 Å². The van der Waals surface area contributed by atoms with Gasteiger partial charge in [-0.3, -0.25) is 9.78 Å². The van der Waals surface area contributed by atoms with Crippen LogP contribution in [0.4, 0.5) is 0 Å². The third kappa shape index (κ3) is 3.79. The number of carbonyl (C=O) groups is 1. The highest BCUT2D eigenvalue weighted by Crippen LogP contribution is 2.01. The molecule has 0 saturated carbocycles. The van der Waals surface area contributed by atoms with Crippen molar-refractivity contribution in [1.29, 1.82) is 0 Å². The molecule has 0 radical (unpaired) electrons. The van der Waals surface area contributed by atoms with E-state index in [2.05, 4.69) is 15.4 Å². The summed E-state index contributed by atoms with van der Waals surface area (Å²) in [5.41, 5.74) is 9.42. The molecule has 20 heavy (non-hydrogen) atoms. The minimum absolute atomic E-state index is 0.0554. The molecule has 2 heterocycles. The quantitative estimate of drug-likeness (QED) is 0.768. The van der Waals surface area contributed by atoms with Crippen LogP contribution < -0.4 is 11.2 Å². The van der Waals surface area contributed by atoms with Gasteiger partial charge in [-0.15, -0.1) is 0 Å². The molecule has 1 atom stereocenters. The predicted octanol–water partition coefficient (Wildman–Crippen LogP) is 0.526. The first-order valence-corrected chi connectivity index (χ1v) is 6.24. The number of imidazole rings is 1. The van der Waals surface area contributed by atoms with Gasteiger partial charge < -0.3 is 15.9 Å². The van der Waals surface area contributed by atoms with Gasteiger partial charge in [0.05, 0.1) is 31.1 Å². The van der Waals surface area contributed by atoms with Crippen LogP contribution in [0.15, 0.2) is 36.9 Å². The molecule has 1 unspecified atom stereocenters.